The van der Waals surface area contributed by atoms with Gasteiger partial charge in [-0.15, -0.1) is 12.4 Å². The summed E-state index contributed by atoms with van der Waals surface area (Å²) in [4.78, 5) is 17.9. The maximum Gasteiger partial charge on any atom is 0.237 e. The molecule has 2 aromatic rings. The summed E-state index contributed by atoms with van der Waals surface area (Å²) in [6.45, 7) is 6.67. The van der Waals surface area contributed by atoms with E-state index >= 15 is 0 Å². The van der Waals surface area contributed by atoms with E-state index in [4.69, 9.17) is 0 Å². The van der Waals surface area contributed by atoms with Crippen LogP contribution >= 0.6 is 12.4 Å². The van der Waals surface area contributed by atoms with Crippen LogP contribution in [0.2, 0.25) is 0 Å². The predicted octanol–water partition coefficient (Wildman–Crippen LogP) is 4.75. The summed E-state index contributed by atoms with van der Waals surface area (Å²) in [6, 6.07) is 20.6. The topological polar surface area (TPSA) is 23.6 Å². The fourth-order valence-electron chi connectivity index (χ4n) is 4.52. The Balaban J connectivity index is 0.00000280. The minimum atomic E-state index is -0.662. The summed E-state index contributed by atoms with van der Waals surface area (Å²) in [6.07, 6.45) is 3.23. The van der Waals surface area contributed by atoms with Gasteiger partial charge in [-0.1, -0.05) is 60.7 Å². The normalized spacial score (nSPS) is 16.4. The molecule has 3 nitrogen and oxygen atoms in total. The lowest BCUT2D eigenvalue weighted by Gasteiger charge is -2.39. The largest absolute Gasteiger partial charge is 0.348 e. The summed E-state index contributed by atoms with van der Waals surface area (Å²) in [5.41, 5.74) is 1.70. The van der Waals surface area contributed by atoms with E-state index in [1.807, 2.05) is 50.5 Å². The standard InChI is InChI=1S/C24H32N2O.ClH/c1-23(2)16-11-18-26(23)19-17-24(22(27)25(3)4,20-12-7-5-8-13-20)21-14-9-6-10-15-21;/h5-10,12-15H,11,16-19H2,1-4H3;1H. The monoisotopic (exact) mass is 400 g/mol. The van der Waals surface area contributed by atoms with Crippen molar-refractivity contribution in [1.29, 1.82) is 0 Å². The molecule has 1 aliphatic rings. The highest BCUT2D eigenvalue weighted by molar-refractivity contribution is 5.92. The van der Waals surface area contributed by atoms with Gasteiger partial charge in [0.1, 0.15) is 5.41 Å². The van der Waals surface area contributed by atoms with Crippen LogP contribution in [0.15, 0.2) is 60.7 Å². The number of hydrogen-bond acceptors (Lipinski definition) is 2. The fourth-order valence-corrected chi connectivity index (χ4v) is 4.52. The van der Waals surface area contributed by atoms with Gasteiger partial charge in [0.15, 0.2) is 0 Å². The number of nitrogens with zero attached hydrogens (tertiary/aromatic N) is 2. The summed E-state index contributed by atoms with van der Waals surface area (Å²) < 4.78 is 0. The maximum absolute atomic E-state index is 13.6. The van der Waals surface area contributed by atoms with Crippen molar-refractivity contribution in [3.05, 3.63) is 71.8 Å². The highest BCUT2D eigenvalue weighted by atomic mass is 35.5. The zero-order valence-electron chi connectivity index (χ0n) is 17.5. The number of rotatable bonds is 6. The van der Waals surface area contributed by atoms with Gasteiger partial charge >= 0.3 is 0 Å². The third-order valence-electron chi connectivity index (χ3n) is 6.13. The van der Waals surface area contributed by atoms with E-state index in [2.05, 4.69) is 43.0 Å². The van der Waals surface area contributed by atoms with Crippen LogP contribution in [0.25, 0.3) is 0 Å². The number of carbonyl (C=O) groups is 1. The average Bonchev–Trinajstić information content (AvgIpc) is 3.02. The molecule has 0 spiro atoms. The number of halogens is 1. The van der Waals surface area contributed by atoms with Crippen LogP contribution in [-0.4, -0.2) is 48.4 Å². The lowest BCUT2D eigenvalue weighted by atomic mass is 9.70. The Labute approximate surface area is 176 Å². The minimum Gasteiger partial charge on any atom is -0.348 e. The second-order valence-electron chi connectivity index (χ2n) is 8.49. The van der Waals surface area contributed by atoms with Crippen molar-refractivity contribution in [3.8, 4) is 0 Å². The smallest absolute Gasteiger partial charge is 0.237 e. The summed E-state index contributed by atoms with van der Waals surface area (Å²) in [5, 5.41) is 0. The quantitative estimate of drug-likeness (QED) is 0.698. The molecule has 0 saturated carbocycles. The molecule has 0 atom stereocenters. The van der Waals surface area contributed by atoms with Crippen molar-refractivity contribution >= 4 is 18.3 Å². The Morgan fingerprint density at radius 2 is 1.50 bits per heavy atom. The Morgan fingerprint density at radius 1 is 1.00 bits per heavy atom. The highest BCUT2D eigenvalue weighted by Crippen LogP contribution is 2.39. The fraction of sp³-hybridized carbons (Fsp3) is 0.458. The van der Waals surface area contributed by atoms with Crippen molar-refractivity contribution in [2.24, 2.45) is 0 Å². The van der Waals surface area contributed by atoms with E-state index in [0.29, 0.717) is 0 Å². The van der Waals surface area contributed by atoms with Crippen LogP contribution in [0.5, 0.6) is 0 Å². The van der Waals surface area contributed by atoms with Crippen molar-refractivity contribution in [3.63, 3.8) is 0 Å². The number of benzene rings is 2. The molecule has 2 aromatic carbocycles. The molecule has 1 amide bonds. The van der Waals surface area contributed by atoms with E-state index in [0.717, 1.165) is 30.6 Å². The molecule has 0 bridgehead atoms. The van der Waals surface area contributed by atoms with Gasteiger partial charge in [0, 0.05) is 26.2 Å². The molecular weight excluding hydrogens is 368 g/mol. The molecule has 152 valence electrons. The zero-order chi connectivity index (χ0) is 19.5. The van der Waals surface area contributed by atoms with Gasteiger partial charge in [0.2, 0.25) is 5.91 Å². The molecule has 3 rings (SSSR count). The maximum atomic E-state index is 13.6. The third kappa shape index (κ3) is 4.26. The number of hydrogen-bond donors (Lipinski definition) is 0. The second kappa shape index (κ2) is 9.11. The van der Waals surface area contributed by atoms with Crippen molar-refractivity contribution in [2.45, 2.75) is 44.1 Å². The van der Waals surface area contributed by atoms with Gasteiger partial charge in [-0.3, -0.25) is 9.69 Å². The number of likely N-dealkylation sites (tertiary alicyclic amines) is 1. The molecule has 1 saturated heterocycles. The zero-order valence-corrected chi connectivity index (χ0v) is 18.3. The molecule has 4 heteroatoms. The summed E-state index contributed by atoms with van der Waals surface area (Å²) in [5.74, 6) is 0.150. The van der Waals surface area contributed by atoms with Crippen LogP contribution < -0.4 is 0 Å². The minimum absolute atomic E-state index is 0. The van der Waals surface area contributed by atoms with E-state index in [1.54, 1.807) is 4.90 Å². The molecular formula is C24H33ClN2O. The van der Waals surface area contributed by atoms with Gasteiger partial charge in [0.25, 0.3) is 0 Å². The number of likely N-dealkylation sites (N-methyl/N-ethyl adjacent to an activating group) is 1. The van der Waals surface area contributed by atoms with Crippen molar-refractivity contribution < 1.29 is 4.79 Å². The lowest BCUT2D eigenvalue weighted by molar-refractivity contribution is -0.133. The van der Waals surface area contributed by atoms with Crippen molar-refractivity contribution in [1.82, 2.24) is 9.80 Å². The van der Waals surface area contributed by atoms with Crippen LogP contribution in [0, 0.1) is 0 Å². The molecule has 0 N–H and O–H groups in total. The Hall–Kier alpha value is -1.84. The third-order valence-corrected chi connectivity index (χ3v) is 6.13. The number of amides is 1. The Morgan fingerprint density at radius 3 is 1.89 bits per heavy atom. The number of carbonyl (C=O) groups excluding carboxylic acids is 1. The Kier molecular flexibility index (Phi) is 7.30. The van der Waals surface area contributed by atoms with Crippen LogP contribution in [0.1, 0.15) is 44.2 Å². The molecule has 1 aliphatic heterocycles. The van der Waals surface area contributed by atoms with Gasteiger partial charge < -0.3 is 4.90 Å². The Bertz CT molecular complexity index is 719. The first kappa shape index (κ1) is 22.4. The lowest BCUT2D eigenvalue weighted by Crippen LogP contribution is -2.48. The summed E-state index contributed by atoms with van der Waals surface area (Å²) in [7, 11) is 3.73. The van der Waals surface area contributed by atoms with Crippen molar-refractivity contribution in [2.75, 3.05) is 27.2 Å². The molecule has 0 radical (unpaired) electrons. The first-order valence-corrected chi connectivity index (χ1v) is 9.96. The van der Waals surface area contributed by atoms with Gasteiger partial charge in [0.05, 0.1) is 0 Å². The molecule has 28 heavy (non-hydrogen) atoms. The highest BCUT2D eigenvalue weighted by Gasteiger charge is 2.44. The summed E-state index contributed by atoms with van der Waals surface area (Å²) >= 11 is 0. The molecule has 0 aromatic heterocycles. The molecule has 1 fully saturated rings. The predicted molar refractivity (Wildman–Crippen MR) is 119 cm³/mol. The van der Waals surface area contributed by atoms with E-state index in [9.17, 15) is 4.79 Å². The van der Waals surface area contributed by atoms with Crippen LogP contribution in [-0.2, 0) is 10.2 Å². The first-order valence-electron chi connectivity index (χ1n) is 9.96. The van der Waals surface area contributed by atoms with Crippen LogP contribution in [0.4, 0.5) is 0 Å². The SMILES string of the molecule is CN(C)C(=O)C(CCN1CCCC1(C)C)(c1ccccc1)c1ccccc1.Cl. The molecule has 1 heterocycles. The van der Waals surface area contributed by atoms with E-state index in [1.165, 1.54) is 12.8 Å². The second-order valence-corrected chi connectivity index (χ2v) is 8.49. The van der Waals surface area contributed by atoms with Crippen LogP contribution in [0.3, 0.4) is 0 Å². The first-order chi connectivity index (χ1) is 12.9. The van der Waals surface area contributed by atoms with E-state index < -0.39 is 5.41 Å². The van der Waals surface area contributed by atoms with Gasteiger partial charge in [-0.25, -0.2) is 0 Å². The van der Waals surface area contributed by atoms with Gasteiger partial charge in [-0.05, 0) is 50.8 Å². The molecule has 0 unspecified atom stereocenters. The average molecular weight is 401 g/mol. The van der Waals surface area contributed by atoms with Gasteiger partial charge in [-0.2, -0.15) is 0 Å². The van der Waals surface area contributed by atoms with E-state index in [-0.39, 0.29) is 23.9 Å². The molecule has 0 aliphatic carbocycles.